The molecule has 0 aromatic rings. The van der Waals surface area contributed by atoms with Gasteiger partial charge in [0.15, 0.2) is 0 Å². The van der Waals surface area contributed by atoms with Gasteiger partial charge in [0.1, 0.15) is 0 Å². The van der Waals surface area contributed by atoms with Crippen molar-refractivity contribution in [1.82, 2.24) is 5.32 Å². The summed E-state index contributed by atoms with van der Waals surface area (Å²) in [6, 6.07) is 0. The highest BCUT2D eigenvalue weighted by molar-refractivity contribution is 5.64. The van der Waals surface area contributed by atoms with E-state index >= 15 is 0 Å². The Labute approximate surface area is 79.2 Å². The zero-order valence-corrected chi connectivity index (χ0v) is 7.99. The Morgan fingerprint density at radius 1 is 1.23 bits per heavy atom. The number of hydrogen-bond acceptors (Lipinski definition) is 1. The van der Waals surface area contributed by atoms with Gasteiger partial charge in [-0.1, -0.05) is 31.2 Å². The third-order valence-electron chi connectivity index (χ3n) is 1.44. The van der Waals surface area contributed by atoms with Crippen LogP contribution in [0.5, 0.6) is 0 Å². The van der Waals surface area contributed by atoms with E-state index in [-0.39, 0.29) is 0 Å². The SMILES string of the molecule is CC/C=C\CC/C=C/CNC(=O)O. The smallest absolute Gasteiger partial charge is 0.404 e. The van der Waals surface area contributed by atoms with Crippen LogP contribution in [0.25, 0.3) is 0 Å². The quantitative estimate of drug-likeness (QED) is 0.491. The summed E-state index contributed by atoms with van der Waals surface area (Å²) in [5, 5.41) is 10.5. The zero-order valence-electron chi connectivity index (χ0n) is 7.99. The van der Waals surface area contributed by atoms with Gasteiger partial charge in [-0.3, -0.25) is 0 Å². The first-order chi connectivity index (χ1) is 6.27. The highest BCUT2D eigenvalue weighted by Crippen LogP contribution is 1.93. The summed E-state index contributed by atoms with van der Waals surface area (Å²) >= 11 is 0. The lowest BCUT2D eigenvalue weighted by Crippen LogP contribution is -2.20. The van der Waals surface area contributed by atoms with E-state index in [1.807, 2.05) is 12.2 Å². The molecule has 0 aromatic heterocycles. The molecule has 0 fully saturated rings. The molecule has 0 aliphatic heterocycles. The molecule has 0 rings (SSSR count). The van der Waals surface area contributed by atoms with Gasteiger partial charge in [-0.25, -0.2) is 4.79 Å². The van der Waals surface area contributed by atoms with Gasteiger partial charge in [0.2, 0.25) is 0 Å². The van der Waals surface area contributed by atoms with Crippen molar-refractivity contribution in [2.45, 2.75) is 26.2 Å². The molecule has 0 spiro atoms. The minimum atomic E-state index is -0.976. The molecule has 0 radical (unpaired) electrons. The minimum Gasteiger partial charge on any atom is -0.465 e. The zero-order chi connectivity index (χ0) is 9.94. The Bertz CT molecular complexity index is 185. The molecule has 0 saturated heterocycles. The first-order valence-corrected chi connectivity index (χ1v) is 4.54. The molecule has 3 heteroatoms. The predicted octanol–water partition coefficient (Wildman–Crippen LogP) is 2.56. The summed E-state index contributed by atoms with van der Waals surface area (Å²) in [5.74, 6) is 0. The maximum absolute atomic E-state index is 10.0. The second-order valence-corrected chi connectivity index (χ2v) is 2.61. The van der Waals surface area contributed by atoms with Gasteiger partial charge in [-0.15, -0.1) is 0 Å². The van der Waals surface area contributed by atoms with Crippen LogP contribution in [0.4, 0.5) is 4.79 Å². The van der Waals surface area contributed by atoms with E-state index in [0.717, 1.165) is 19.3 Å². The van der Waals surface area contributed by atoms with Crippen molar-refractivity contribution in [3.05, 3.63) is 24.3 Å². The first kappa shape index (κ1) is 11.8. The van der Waals surface area contributed by atoms with Crippen LogP contribution >= 0.6 is 0 Å². The molecule has 3 nitrogen and oxygen atoms in total. The molecule has 13 heavy (non-hydrogen) atoms. The van der Waals surface area contributed by atoms with Gasteiger partial charge in [0, 0.05) is 6.54 Å². The average Bonchev–Trinajstić information content (AvgIpc) is 2.09. The van der Waals surface area contributed by atoms with Crippen molar-refractivity contribution in [2.24, 2.45) is 0 Å². The van der Waals surface area contributed by atoms with Crippen LogP contribution in [0.1, 0.15) is 26.2 Å². The molecule has 2 N–H and O–H groups in total. The molecule has 0 heterocycles. The van der Waals surface area contributed by atoms with E-state index < -0.39 is 6.09 Å². The topological polar surface area (TPSA) is 49.3 Å². The Kier molecular flexibility index (Phi) is 7.99. The van der Waals surface area contributed by atoms with Crippen molar-refractivity contribution < 1.29 is 9.90 Å². The number of amides is 1. The summed E-state index contributed by atoms with van der Waals surface area (Å²) < 4.78 is 0. The molecule has 0 aromatic carbocycles. The van der Waals surface area contributed by atoms with Crippen LogP contribution in [-0.4, -0.2) is 17.7 Å². The second-order valence-electron chi connectivity index (χ2n) is 2.61. The lowest BCUT2D eigenvalue weighted by molar-refractivity contribution is 0.195. The van der Waals surface area contributed by atoms with Crippen LogP contribution in [0.15, 0.2) is 24.3 Å². The number of allylic oxidation sites excluding steroid dienone is 3. The van der Waals surface area contributed by atoms with E-state index in [9.17, 15) is 4.79 Å². The van der Waals surface area contributed by atoms with Gasteiger partial charge < -0.3 is 10.4 Å². The highest BCUT2D eigenvalue weighted by atomic mass is 16.4. The number of rotatable bonds is 6. The number of carbonyl (C=O) groups is 1. The lowest BCUT2D eigenvalue weighted by atomic mass is 10.2. The molecule has 74 valence electrons. The summed E-state index contributed by atoms with van der Waals surface area (Å²) in [4.78, 5) is 10.0. The predicted molar refractivity (Wildman–Crippen MR) is 53.8 cm³/mol. The molecule has 0 atom stereocenters. The summed E-state index contributed by atoms with van der Waals surface area (Å²) in [6.07, 6.45) is 10.2. The van der Waals surface area contributed by atoms with Gasteiger partial charge in [-0.05, 0) is 19.3 Å². The van der Waals surface area contributed by atoms with E-state index in [0.29, 0.717) is 6.54 Å². The fraction of sp³-hybridized carbons (Fsp3) is 0.500. The van der Waals surface area contributed by atoms with Gasteiger partial charge in [-0.2, -0.15) is 0 Å². The largest absolute Gasteiger partial charge is 0.465 e. The van der Waals surface area contributed by atoms with Crippen molar-refractivity contribution >= 4 is 6.09 Å². The second kappa shape index (κ2) is 8.84. The first-order valence-electron chi connectivity index (χ1n) is 4.54. The molecule has 0 bridgehead atoms. The maximum Gasteiger partial charge on any atom is 0.404 e. The molecule has 0 unspecified atom stereocenters. The Morgan fingerprint density at radius 2 is 1.85 bits per heavy atom. The summed E-state index contributed by atoms with van der Waals surface area (Å²) in [5.41, 5.74) is 0. The molecular weight excluding hydrogens is 166 g/mol. The van der Waals surface area contributed by atoms with E-state index in [1.165, 1.54) is 0 Å². The van der Waals surface area contributed by atoms with Gasteiger partial charge in [0.05, 0.1) is 0 Å². The molecular formula is C10H17NO2. The Balaban J connectivity index is 3.22. The summed E-state index contributed by atoms with van der Waals surface area (Å²) in [6.45, 7) is 2.50. The van der Waals surface area contributed by atoms with Crippen molar-refractivity contribution in [1.29, 1.82) is 0 Å². The molecule has 1 amide bonds. The normalized spacial score (nSPS) is 11.2. The average molecular weight is 183 g/mol. The third kappa shape index (κ3) is 10.8. The fourth-order valence-corrected chi connectivity index (χ4v) is 0.824. The highest BCUT2D eigenvalue weighted by Gasteiger charge is 1.86. The molecule has 0 aliphatic carbocycles. The van der Waals surface area contributed by atoms with Crippen LogP contribution in [-0.2, 0) is 0 Å². The van der Waals surface area contributed by atoms with Crippen molar-refractivity contribution in [3.63, 3.8) is 0 Å². The van der Waals surface area contributed by atoms with E-state index in [2.05, 4.69) is 24.4 Å². The van der Waals surface area contributed by atoms with E-state index in [4.69, 9.17) is 5.11 Å². The number of carboxylic acid groups (broad SMARTS) is 1. The molecule has 0 saturated carbocycles. The third-order valence-corrected chi connectivity index (χ3v) is 1.44. The van der Waals surface area contributed by atoms with E-state index in [1.54, 1.807) is 0 Å². The number of unbranched alkanes of at least 4 members (excludes halogenated alkanes) is 1. The van der Waals surface area contributed by atoms with Crippen molar-refractivity contribution in [3.8, 4) is 0 Å². The maximum atomic E-state index is 10.0. The Morgan fingerprint density at radius 3 is 2.38 bits per heavy atom. The lowest BCUT2D eigenvalue weighted by Gasteiger charge is -1.92. The van der Waals surface area contributed by atoms with Gasteiger partial charge in [0.25, 0.3) is 0 Å². The summed E-state index contributed by atoms with van der Waals surface area (Å²) in [7, 11) is 0. The fourth-order valence-electron chi connectivity index (χ4n) is 0.824. The van der Waals surface area contributed by atoms with Crippen LogP contribution in [0.2, 0.25) is 0 Å². The van der Waals surface area contributed by atoms with Gasteiger partial charge >= 0.3 is 6.09 Å². The van der Waals surface area contributed by atoms with Crippen LogP contribution < -0.4 is 5.32 Å². The number of nitrogens with one attached hydrogen (secondary N) is 1. The Hall–Kier alpha value is -1.25. The monoisotopic (exact) mass is 183 g/mol. The van der Waals surface area contributed by atoms with Crippen molar-refractivity contribution in [2.75, 3.05) is 6.54 Å². The molecule has 0 aliphatic rings. The minimum absolute atomic E-state index is 0.396. The number of hydrogen-bond donors (Lipinski definition) is 2. The standard InChI is InChI=1S/C10H17NO2/c1-2-3-4-5-6-7-8-9-11-10(12)13/h3-4,7-8,11H,2,5-6,9H2,1H3,(H,12,13)/b4-3-,8-7+. The van der Waals surface area contributed by atoms with Crippen LogP contribution in [0.3, 0.4) is 0 Å². The van der Waals surface area contributed by atoms with Crippen LogP contribution in [0, 0.1) is 0 Å².